The van der Waals surface area contributed by atoms with Gasteiger partial charge in [0, 0.05) is 24.5 Å². The van der Waals surface area contributed by atoms with Crippen molar-refractivity contribution >= 4 is 23.0 Å². The van der Waals surface area contributed by atoms with Crippen molar-refractivity contribution in [3.63, 3.8) is 0 Å². The van der Waals surface area contributed by atoms with E-state index >= 15 is 0 Å². The first-order valence-corrected chi connectivity index (χ1v) is 10.4. The second kappa shape index (κ2) is 7.78. The standard InChI is InChI=1S/C24H30N4/c1-17(2)21-15-27(19-11-7-5-8-12-19)23(25-21)24-26-22(18(3)4)16-28(24)20-13-9-6-10-14-20/h5-14,17-18,21-22H,15-16H2,1-4H3/t21-,22-/m1/s1. The van der Waals surface area contributed by atoms with Gasteiger partial charge in [0.1, 0.15) is 0 Å². The Kier molecular flexibility index (Phi) is 5.21. The number of aliphatic imine (C=N–C) groups is 2. The molecule has 0 radical (unpaired) electrons. The van der Waals surface area contributed by atoms with Crippen LogP contribution in [0.2, 0.25) is 0 Å². The van der Waals surface area contributed by atoms with E-state index in [1.807, 2.05) is 0 Å². The molecule has 0 aliphatic carbocycles. The van der Waals surface area contributed by atoms with Crippen molar-refractivity contribution in [1.82, 2.24) is 0 Å². The first-order valence-electron chi connectivity index (χ1n) is 10.4. The number of hydrogen-bond donors (Lipinski definition) is 0. The van der Waals surface area contributed by atoms with Gasteiger partial charge in [-0.05, 0) is 36.1 Å². The molecule has 0 spiro atoms. The summed E-state index contributed by atoms with van der Waals surface area (Å²) in [5, 5.41) is 0. The lowest BCUT2D eigenvalue weighted by molar-refractivity contribution is 0.521. The number of nitrogens with zero attached hydrogens (tertiary/aromatic N) is 4. The van der Waals surface area contributed by atoms with E-state index in [4.69, 9.17) is 9.98 Å². The maximum absolute atomic E-state index is 5.17. The number of benzene rings is 2. The predicted octanol–water partition coefficient (Wildman–Crippen LogP) is 4.87. The predicted molar refractivity (Wildman–Crippen MR) is 120 cm³/mol. The van der Waals surface area contributed by atoms with Crippen LogP contribution in [0.3, 0.4) is 0 Å². The molecule has 0 unspecified atom stereocenters. The Labute approximate surface area is 168 Å². The Balaban J connectivity index is 1.77. The van der Waals surface area contributed by atoms with E-state index in [2.05, 4.69) is 98.2 Å². The molecule has 0 amide bonds. The summed E-state index contributed by atoms with van der Waals surface area (Å²) in [6, 6.07) is 21.7. The van der Waals surface area contributed by atoms with E-state index in [9.17, 15) is 0 Å². The number of amidine groups is 2. The van der Waals surface area contributed by atoms with E-state index in [0.717, 1.165) is 24.8 Å². The zero-order chi connectivity index (χ0) is 19.7. The summed E-state index contributed by atoms with van der Waals surface area (Å²) in [7, 11) is 0. The normalized spacial score (nSPS) is 22.2. The van der Waals surface area contributed by atoms with E-state index in [1.54, 1.807) is 0 Å². The van der Waals surface area contributed by atoms with Gasteiger partial charge in [0.15, 0.2) is 11.7 Å². The maximum atomic E-state index is 5.17. The second-order valence-electron chi connectivity index (χ2n) is 8.42. The molecule has 2 aromatic rings. The molecule has 4 heteroatoms. The molecule has 4 rings (SSSR count). The highest BCUT2D eigenvalue weighted by molar-refractivity contribution is 6.50. The Bertz CT molecular complexity index is 781. The minimum atomic E-state index is 0.286. The fraction of sp³-hybridized carbons (Fsp3) is 0.417. The summed E-state index contributed by atoms with van der Waals surface area (Å²) in [5.41, 5.74) is 2.38. The Morgan fingerprint density at radius 3 is 1.32 bits per heavy atom. The molecule has 2 atom stereocenters. The van der Waals surface area contributed by atoms with E-state index in [-0.39, 0.29) is 12.1 Å². The molecule has 2 aromatic carbocycles. The van der Waals surface area contributed by atoms with Crippen LogP contribution in [0, 0.1) is 11.8 Å². The summed E-state index contributed by atoms with van der Waals surface area (Å²) in [4.78, 5) is 15.0. The van der Waals surface area contributed by atoms with Gasteiger partial charge in [-0.15, -0.1) is 0 Å². The maximum Gasteiger partial charge on any atom is 0.172 e. The van der Waals surface area contributed by atoms with Gasteiger partial charge >= 0.3 is 0 Å². The number of anilines is 2. The smallest absolute Gasteiger partial charge is 0.172 e. The zero-order valence-electron chi connectivity index (χ0n) is 17.3. The first kappa shape index (κ1) is 18.7. The Hall–Kier alpha value is -2.62. The molecule has 2 aliphatic heterocycles. The Morgan fingerprint density at radius 2 is 1.00 bits per heavy atom. The lowest BCUT2D eigenvalue weighted by atomic mass is 10.1. The molecular weight excluding hydrogens is 344 g/mol. The summed E-state index contributed by atoms with van der Waals surface area (Å²) in [5.74, 6) is 3.02. The number of para-hydroxylation sites is 2. The third-order valence-electron chi connectivity index (χ3n) is 5.70. The lowest BCUT2D eigenvalue weighted by Gasteiger charge is -2.26. The van der Waals surface area contributed by atoms with Crippen LogP contribution in [-0.2, 0) is 0 Å². The highest BCUT2D eigenvalue weighted by Gasteiger charge is 2.38. The van der Waals surface area contributed by atoms with Gasteiger partial charge < -0.3 is 9.80 Å². The zero-order valence-corrected chi connectivity index (χ0v) is 17.3. The first-order chi connectivity index (χ1) is 13.5. The fourth-order valence-electron chi connectivity index (χ4n) is 3.83. The molecule has 0 saturated carbocycles. The van der Waals surface area contributed by atoms with Crippen molar-refractivity contribution in [3.05, 3.63) is 60.7 Å². The third kappa shape index (κ3) is 3.56. The van der Waals surface area contributed by atoms with Gasteiger partial charge in [0.25, 0.3) is 0 Å². The summed E-state index contributed by atoms with van der Waals surface area (Å²) >= 11 is 0. The Morgan fingerprint density at radius 1 is 0.643 bits per heavy atom. The molecule has 0 fully saturated rings. The van der Waals surface area contributed by atoms with Crippen LogP contribution in [0.5, 0.6) is 0 Å². The molecule has 0 N–H and O–H groups in total. The molecule has 0 saturated heterocycles. The van der Waals surface area contributed by atoms with Crippen molar-refractivity contribution in [3.8, 4) is 0 Å². The van der Waals surface area contributed by atoms with E-state index < -0.39 is 0 Å². The fourth-order valence-corrected chi connectivity index (χ4v) is 3.83. The summed E-state index contributed by atoms with van der Waals surface area (Å²) in [6.07, 6.45) is 0. The van der Waals surface area contributed by atoms with Gasteiger partial charge in [-0.2, -0.15) is 0 Å². The van der Waals surface area contributed by atoms with Gasteiger partial charge in [0.05, 0.1) is 12.1 Å². The molecule has 2 aliphatic rings. The average molecular weight is 375 g/mol. The van der Waals surface area contributed by atoms with Gasteiger partial charge in [0.2, 0.25) is 0 Å². The van der Waals surface area contributed by atoms with Gasteiger partial charge in [-0.3, -0.25) is 9.98 Å². The highest BCUT2D eigenvalue weighted by atomic mass is 15.4. The third-order valence-corrected chi connectivity index (χ3v) is 5.70. The van der Waals surface area contributed by atoms with Gasteiger partial charge in [-0.1, -0.05) is 64.1 Å². The molecule has 0 bridgehead atoms. The number of rotatable bonds is 5. The molecule has 4 nitrogen and oxygen atoms in total. The topological polar surface area (TPSA) is 31.2 Å². The van der Waals surface area contributed by atoms with Crippen molar-refractivity contribution in [2.75, 3.05) is 22.9 Å². The summed E-state index contributed by atoms with van der Waals surface area (Å²) < 4.78 is 0. The lowest BCUT2D eigenvalue weighted by Crippen LogP contribution is -2.42. The minimum Gasteiger partial charge on any atom is -0.321 e. The van der Waals surface area contributed by atoms with Crippen LogP contribution in [0.4, 0.5) is 11.4 Å². The van der Waals surface area contributed by atoms with Crippen LogP contribution < -0.4 is 9.80 Å². The largest absolute Gasteiger partial charge is 0.321 e. The van der Waals surface area contributed by atoms with Crippen LogP contribution in [0.25, 0.3) is 0 Å². The van der Waals surface area contributed by atoms with Crippen LogP contribution in [0.15, 0.2) is 70.6 Å². The van der Waals surface area contributed by atoms with Crippen LogP contribution in [-0.4, -0.2) is 36.8 Å². The van der Waals surface area contributed by atoms with Crippen molar-refractivity contribution in [2.24, 2.45) is 21.8 Å². The van der Waals surface area contributed by atoms with E-state index in [0.29, 0.717) is 11.8 Å². The quantitative estimate of drug-likeness (QED) is 0.747. The monoisotopic (exact) mass is 374 g/mol. The van der Waals surface area contributed by atoms with Crippen molar-refractivity contribution in [2.45, 2.75) is 39.8 Å². The molecule has 28 heavy (non-hydrogen) atoms. The minimum absolute atomic E-state index is 0.286. The summed E-state index contributed by atoms with van der Waals surface area (Å²) in [6.45, 7) is 10.8. The van der Waals surface area contributed by atoms with Crippen LogP contribution in [0.1, 0.15) is 27.7 Å². The van der Waals surface area contributed by atoms with Crippen molar-refractivity contribution in [1.29, 1.82) is 0 Å². The molecular formula is C24H30N4. The SMILES string of the molecule is CC(C)[C@H]1CN(c2ccccc2)C(C2=N[C@@H](C(C)C)CN2c2ccccc2)=N1. The molecule has 146 valence electrons. The number of hydrogen-bond acceptors (Lipinski definition) is 4. The average Bonchev–Trinajstić information content (AvgIpc) is 3.34. The highest BCUT2D eigenvalue weighted by Crippen LogP contribution is 2.29. The molecule has 0 aromatic heterocycles. The van der Waals surface area contributed by atoms with Gasteiger partial charge in [-0.25, -0.2) is 0 Å². The molecule has 2 heterocycles. The second-order valence-corrected chi connectivity index (χ2v) is 8.42. The van der Waals surface area contributed by atoms with Crippen molar-refractivity contribution < 1.29 is 0 Å². The van der Waals surface area contributed by atoms with Crippen LogP contribution >= 0.6 is 0 Å². The van der Waals surface area contributed by atoms with E-state index in [1.165, 1.54) is 11.4 Å².